The molecule has 1 rings (SSSR count). The number of benzene rings is 1. The third-order valence-electron chi connectivity index (χ3n) is 1.90. The van der Waals surface area contributed by atoms with Gasteiger partial charge >= 0.3 is 5.97 Å². The van der Waals surface area contributed by atoms with Gasteiger partial charge in [-0.1, -0.05) is 6.07 Å². The average molecular weight is 274 g/mol. The highest BCUT2D eigenvalue weighted by Crippen LogP contribution is 2.32. The summed E-state index contributed by atoms with van der Waals surface area (Å²) in [5.74, 6) is -0.720. The molecular weight excluding hydrogens is 266 g/mol. The molecule has 0 amide bonds. The molecule has 15 heavy (non-hydrogen) atoms. The number of hydrogen-bond acceptors (Lipinski definition) is 4. The van der Waals surface area contributed by atoms with Crippen LogP contribution < -0.4 is 0 Å². The van der Waals surface area contributed by atoms with E-state index in [0.29, 0.717) is 10.0 Å². The maximum atomic E-state index is 11.3. The molecule has 0 N–H and O–H groups in total. The Labute approximate surface area is 94.3 Å². The number of nitrogens with zero attached hydrogens (tertiary/aromatic N) is 1. The van der Waals surface area contributed by atoms with Crippen molar-refractivity contribution >= 4 is 27.6 Å². The molecule has 0 bridgehead atoms. The van der Waals surface area contributed by atoms with E-state index in [1.807, 2.05) is 0 Å². The molecule has 1 aromatic rings. The molecule has 0 aliphatic rings. The van der Waals surface area contributed by atoms with Crippen LogP contribution in [-0.4, -0.2) is 18.0 Å². The van der Waals surface area contributed by atoms with Crippen molar-refractivity contribution in [2.45, 2.75) is 6.92 Å². The summed E-state index contributed by atoms with van der Waals surface area (Å²) in [5, 5.41) is 10.8. The van der Waals surface area contributed by atoms with Crippen LogP contribution in [0.1, 0.15) is 15.9 Å². The molecule has 0 heterocycles. The Bertz CT molecular complexity index is 430. The maximum Gasteiger partial charge on any atom is 0.344 e. The third-order valence-corrected chi connectivity index (χ3v) is 2.90. The molecule has 6 heteroatoms. The van der Waals surface area contributed by atoms with E-state index in [-0.39, 0.29) is 11.3 Å². The van der Waals surface area contributed by atoms with Gasteiger partial charge in [0.1, 0.15) is 5.56 Å². The molecule has 0 fully saturated rings. The third kappa shape index (κ3) is 2.15. The molecule has 0 aromatic heterocycles. The highest BCUT2D eigenvalue weighted by atomic mass is 79.9. The molecule has 0 unspecified atom stereocenters. The Morgan fingerprint density at radius 2 is 2.13 bits per heavy atom. The van der Waals surface area contributed by atoms with E-state index in [0.717, 1.165) is 0 Å². The van der Waals surface area contributed by atoms with Crippen molar-refractivity contribution < 1.29 is 14.5 Å². The van der Waals surface area contributed by atoms with Crippen molar-refractivity contribution in [3.05, 3.63) is 37.8 Å². The van der Waals surface area contributed by atoms with E-state index in [1.165, 1.54) is 13.2 Å². The van der Waals surface area contributed by atoms with Crippen LogP contribution in [0.5, 0.6) is 0 Å². The number of carbonyl (C=O) groups excluding carboxylic acids is 1. The van der Waals surface area contributed by atoms with Crippen molar-refractivity contribution in [3.63, 3.8) is 0 Å². The molecule has 0 aliphatic heterocycles. The fourth-order valence-corrected chi connectivity index (χ4v) is 1.61. The van der Waals surface area contributed by atoms with Gasteiger partial charge < -0.3 is 4.74 Å². The van der Waals surface area contributed by atoms with Crippen LogP contribution in [0.3, 0.4) is 0 Å². The monoisotopic (exact) mass is 273 g/mol. The van der Waals surface area contributed by atoms with Gasteiger partial charge in [-0.25, -0.2) is 4.79 Å². The first kappa shape index (κ1) is 11.6. The highest BCUT2D eigenvalue weighted by molar-refractivity contribution is 9.10. The van der Waals surface area contributed by atoms with E-state index < -0.39 is 10.9 Å². The lowest BCUT2D eigenvalue weighted by atomic mass is 10.1. The summed E-state index contributed by atoms with van der Waals surface area (Å²) in [4.78, 5) is 21.4. The van der Waals surface area contributed by atoms with Crippen LogP contribution >= 0.6 is 15.9 Å². The minimum atomic E-state index is -0.720. The van der Waals surface area contributed by atoms with Crippen molar-refractivity contribution in [2.24, 2.45) is 0 Å². The van der Waals surface area contributed by atoms with Crippen molar-refractivity contribution in [1.29, 1.82) is 0 Å². The summed E-state index contributed by atoms with van der Waals surface area (Å²) >= 11 is 3.08. The number of nitro benzene ring substituents is 1. The van der Waals surface area contributed by atoms with Gasteiger partial charge in [0.2, 0.25) is 0 Å². The van der Waals surface area contributed by atoms with Crippen LogP contribution in [-0.2, 0) is 4.74 Å². The molecular formula is C9H8BrNO4. The van der Waals surface area contributed by atoms with Gasteiger partial charge in [0, 0.05) is 0 Å². The van der Waals surface area contributed by atoms with Gasteiger partial charge in [0.25, 0.3) is 5.69 Å². The van der Waals surface area contributed by atoms with E-state index in [4.69, 9.17) is 0 Å². The zero-order valence-electron chi connectivity index (χ0n) is 8.11. The normalized spacial score (nSPS) is 9.80. The summed E-state index contributed by atoms with van der Waals surface area (Å²) in [6.07, 6.45) is 0. The van der Waals surface area contributed by atoms with Crippen molar-refractivity contribution in [1.82, 2.24) is 0 Å². The maximum absolute atomic E-state index is 11.3. The number of methoxy groups -OCH3 is 1. The Morgan fingerprint density at radius 1 is 1.53 bits per heavy atom. The van der Waals surface area contributed by atoms with Gasteiger partial charge in [-0.2, -0.15) is 0 Å². The van der Waals surface area contributed by atoms with Gasteiger partial charge in [0.05, 0.1) is 16.5 Å². The first-order valence-electron chi connectivity index (χ1n) is 4.00. The SMILES string of the molecule is COC(=O)c1ccc(C)c(Br)c1[N+](=O)[O-]. The topological polar surface area (TPSA) is 69.4 Å². The first-order valence-corrected chi connectivity index (χ1v) is 4.80. The number of aryl methyl sites for hydroxylation is 1. The number of halogens is 1. The van der Waals surface area contributed by atoms with Gasteiger partial charge in [-0.3, -0.25) is 10.1 Å². The summed E-state index contributed by atoms with van der Waals surface area (Å²) in [5.41, 5.74) is 0.371. The van der Waals surface area contributed by atoms with Gasteiger partial charge in [0.15, 0.2) is 0 Å². The Balaban J connectivity index is 3.46. The van der Waals surface area contributed by atoms with E-state index in [2.05, 4.69) is 20.7 Å². The molecule has 0 saturated carbocycles. The second-order valence-corrected chi connectivity index (χ2v) is 3.63. The Morgan fingerprint density at radius 3 is 2.60 bits per heavy atom. The largest absolute Gasteiger partial charge is 0.465 e. The first-order chi connectivity index (χ1) is 6.99. The molecule has 0 spiro atoms. The van der Waals surface area contributed by atoms with Crippen molar-refractivity contribution in [2.75, 3.05) is 7.11 Å². The summed E-state index contributed by atoms with van der Waals surface area (Å²) in [6.45, 7) is 1.71. The van der Waals surface area contributed by atoms with Gasteiger partial charge in [-0.15, -0.1) is 0 Å². The van der Waals surface area contributed by atoms with Crippen LogP contribution in [0.2, 0.25) is 0 Å². The summed E-state index contributed by atoms with van der Waals surface area (Å²) in [7, 11) is 1.18. The molecule has 80 valence electrons. The average Bonchev–Trinajstić information content (AvgIpc) is 2.20. The minimum Gasteiger partial charge on any atom is -0.465 e. The summed E-state index contributed by atoms with van der Waals surface area (Å²) < 4.78 is 4.76. The van der Waals surface area contributed by atoms with E-state index in [1.54, 1.807) is 13.0 Å². The predicted octanol–water partition coefficient (Wildman–Crippen LogP) is 2.45. The molecule has 0 atom stereocenters. The second-order valence-electron chi connectivity index (χ2n) is 2.84. The number of rotatable bonds is 2. The number of ether oxygens (including phenoxy) is 1. The van der Waals surface area contributed by atoms with E-state index in [9.17, 15) is 14.9 Å². The molecule has 5 nitrogen and oxygen atoms in total. The number of carbonyl (C=O) groups is 1. The summed E-state index contributed by atoms with van der Waals surface area (Å²) in [6, 6.07) is 2.99. The molecule has 0 radical (unpaired) electrons. The Kier molecular flexibility index (Phi) is 3.41. The second kappa shape index (κ2) is 4.39. The molecule has 0 aliphatic carbocycles. The van der Waals surface area contributed by atoms with Crippen LogP contribution in [0.25, 0.3) is 0 Å². The van der Waals surface area contributed by atoms with Crippen LogP contribution in [0, 0.1) is 17.0 Å². The zero-order valence-corrected chi connectivity index (χ0v) is 9.70. The lowest BCUT2D eigenvalue weighted by Gasteiger charge is -2.04. The van der Waals surface area contributed by atoms with Crippen LogP contribution in [0.4, 0.5) is 5.69 Å². The lowest BCUT2D eigenvalue weighted by Crippen LogP contribution is -2.06. The molecule has 0 saturated heterocycles. The number of esters is 1. The smallest absolute Gasteiger partial charge is 0.344 e. The van der Waals surface area contributed by atoms with E-state index >= 15 is 0 Å². The quantitative estimate of drug-likeness (QED) is 0.472. The molecule has 1 aromatic carbocycles. The fourth-order valence-electron chi connectivity index (χ4n) is 1.12. The predicted molar refractivity (Wildman–Crippen MR) is 56.9 cm³/mol. The Hall–Kier alpha value is -1.43. The van der Waals surface area contributed by atoms with Crippen molar-refractivity contribution in [3.8, 4) is 0 Å². The van der Waals surface area contributed by atoms with Gasteiger partial charge in [-0.05, 0) is 34.5 Å². The lowest BCUT2D eigenvalue weighted by molar-refractivity contribution is -0.386. The zero-order chi connectivity index (χ0) is 11.6. The highest BCUT2D eigenvalue weighted by Gasteiger charge is 2.25. The van der Waals surface area contributed by atoms with Crippen LogP contribution in [0.15, 0.2) is 16.6 Å². The fraction of sp³-hybridized carbons (Fsp3) is 0.222. The number of hydrogen-bond donors (Lipinski definition) is 0. The minimum absolute atomic E-state index is 0.0556. The number of nitro groups is 1. The standard InChI is InChI=1S/C9H8BrNO4/c1-5-3-4-6(9(12)15-2)8(7(5)10)11(13)14/h3-4H,1-2H3.